The molecule has 0 heterocycles. The van der Waals surface area contributed by atoms with Crippen LogP contribution in [0.5, 0.6) is 28.7 Å². The van der Waals surface area contributed by atoms with Crippen LogP contribution in [0.4, 0.5) is 0 Å². The molecule has 0 aliphatic rings. The third-order valence-electron chi connectivity index (χ3n) is 4.70. The lowest BCUT2D eigenvalue weighted by molar-refractivity contribution is -0.137. The highest BCUT2D eigenvalue weighted by molar-refractivity contribution is 5.90. The fraction of sp³-hybridized carbons (Fsp3) is 0.679. The van der Waals surface area contributed by atoms with Crippen LogP contribution in [0.2, 0.25) is 0 Å². The summed E-state index contributed by atoms with van der Waals surface area (Å²) >= 11 is 0. The van der Waals surface area contributed by atoms with E-state index in [-0.39, 0.29) is 0 Å². The minimum atomic E-state index is -0.417. The van der Waals surface area contributed by atoms with E-state index in [1.54, 1.807) is 6.08 Å². The second-order valence-electron chi connectivity index (χ2n) is 8.16. The summed E-state index contributed by atoms with van der Waals surface area (Å²) in [5, 5.41) is 0. The Balaban J connectivity index is 3.78. The van der Waals surface area contributed by atoms with E-state index < -0.39 is 5.97 Å². The highest BCUT2D eigenvalue weighted by atomic mass is 16.6. The Morgan fingerprint density at radius 2 is 0.914 bits per heavy atom. The van der Waals surface area contributed by atoms with Crippen molar-refractivity contribution in [1.29, 1.82) is 0 Å². The van der Waals surface area contributed by atoms with Gasteiger partial charge in [0.15, 0.2) is 11.5 Å². The van der Waals surface area contributed by atoms with Gasteiger partial charge in [0.2, 0.25) is 17.2 Å². The largest absolute Gasteiger partial charge is 0.489 e. The van der Waals surface area contributed by atoms with E-state index in [2.05, 4.69) is 6.92 Å². The Morgan fingerprint density at radius 3 is 1.29 bits per heavy atom. The third kappa shape index (κ3) is 10.3. The van der Waals surface area contributed by atoms with Crippen molar-refractivity contribution in [3.8, 4) is 28.7 Å². The van der Waals surface area contributed by atoms with E-state index in [9.17, 15) is 4.79 Å². The van der Waals surface area contributed by atoms with E-state index in [1.807, 2.05) is 34.6 Å². The lowest BCUT2D eigenvalue weighted by atomic mass is 10.1. The smallest absolute Gasteiger partial charge is 0.330 e. The van der Waals surface area contributed by atoms with Crippen LogP contribution in [-0.4, -0.2) is 45.6 Å². The zero-order valence-electron chi connectivity index (χ0n) is 22.7. The summed E-state index contributed by atoms with van der Waals surface area (Å²) in [7, 11) is 0. The molecule has 0 spiro atoms. The van der Waals surface area contributed by atoms with Crippen molar-refractivity contribution in [2.45, 2.75) is 86.5 Å². The van der Waals surface area contributed by atoms with Gasteiger partial charge in [-0.1, -0.05) is 48.0 Å². The minimum absolute atomic E-state index is 0.386. The molecule has 1 aromatic rings. The summed E-state index contributed by atoms with van der Waals surface area (Å²) in [6.07, 6.45) is 8.91. The summed E-state index contributed by atoms with van der Waals surface area (Å²) in [4.78, 5) is 12.4. The molecular weight excluding hydrogens is 448 g/mol. The van der Waals surface area contributed by atoms with Gasteiger partial charge < -0.3 is 28.4 Å². The fourth-order valence-electron chi connectivity index (χ4n) is 3.03. The summed E-state index contributed by atoms with van der Waals surface area (Å²) in [5.74, 6) is 1.98. The van der Waals surface area contributed by atoms with Crippen molar-refractivity contribution in [1.82, 2.24) is 0 Å². The minimum Gasteiger partial charge on any atom is -0.489 e. The molecule has 1 rings (SSSR count). The van der Waals surface area contributed by atoms with Gasteiger partial charge >= 0.3 is 5.97 Å². The Morgan fingerprint density at radius 1 is 0.543 bits per heavy atom. The van der Waals surface area contributed by atoms with Crippen LogP contribution in [0.1, 0.15) is 92.1 Å². The van der Waals surface area contributed by atoms with Gasteiger partial charge in [0.05, 0.1) is 45.2 Å². The molecule has 0 aliphatic heterocycles. The quantitative estimate of drug-likeness (QED) is 0.110. The first-order valence-corrected chi connectivity index (χ1v) is 13.3. The molecule has 200 valence electrons. The number of esters is 1. The van der Waals surface area contributed by atoms with Gasteiger partial charge in [-0.2, -0.15) is 0 Å². The zero-order valence-corrected chi connectivity index (χ0v) is 22.7. The monoisotopic (exact) mass is 494 g/mol. The van der Waals surface area contributed by atoms with Gasteiger partial charge in [0, 0.05) is 6.08 Å². The molecule has 0 saturated heterocycles. The first-order chi connectivity index (χ1) is 17.1. The molecule has 0 amide bonds. The van der Waals surface area contributed by atoms with E-state index in [0.29, 0.717) is 74.0 Å². The van der Waals surface area contributed by atoms with Crippen molar-refractivity contribution in [2.75, 3.05) is 39.6 Å². The average Bonchev–Trinajstić information content (AvgIpc) is 2.86. The maximum Gasteiger partial charge on any atom is 0.330 e. The molecule has 0 aromatic heterocycles. The number of carbonyl (C=O) groups is 1. The molecule has 0 unspecified atom stereocenters. The first-order valence-electron chi connectivity index (χ1n) is 13.3. The topological polar surface area (TPSA) is 72.5 Å². The summed E-state index contributed by atoms with van der Waals surface area (Å²) in [6.45, 7) is 15.0. The Bertz CT molecular complexity index is 717. The molecule has 7 nitrogen and oxygen atoms in total. The van der Waals surface area contributed by atoms with Crippen LogP contribution in [0.15, 0.2) is 6.08 Å². The number of unbranched alkanes of at least 4 members (excludes halogenated alkanes) is 1. The summed E-state index contributed by atoms with van der Waals surface area (Å²) in [5.41, 5.74) is 0.584. The number of benzene rings is 1. The van der Waals surface area contributed by atoms with E-state index >= 15 is 0 Å². The van der Waals surface area contributed by atoms with Crippen molar-refractivity contribution >= 4 is 12.0 Å². The van der Waals surface area contributed by atoms with Crippen LogP contribution in [0.3, 0.4) is 0 Å². The predicted molar refractivity (Wildman–Crippen MR) is 140 cm³/mol. The van der Waals surface area contributed by atoms with Gasteiger partial charge in [-0.25, -0.2) is 4.79 Å². The van der Waals surface area contributed by atoms with E-state index in [1.165, 1.54) is 6.08 Å². The Labute approximate surface area is 212 Å². The van der Waals surface area contributed by atoms with Crippen molar-refractivity contribution in [3.63, 3.8) is 0 Å². The number of rotatable bonds is 20. The van der Waals surface area contributed by atoms with E-state index in [0.717, 1.165) is 44.9 Å². The molecule has 1 aromatic carbocycles. The lowest BCUT2D eigenvalue weighted by Gasteiger charge is -2.25. The maximum absolute atomic E-state index is 12.4. The van der Waals surface area contributed by atoms with Gasteiger partial charge in [0.25, 0.3) is 0 Å². The Hall–Kier alpha value is -2.57. The molecule has 0 atom stereocenters. The Kier molecular flexibility index (Phi) is 16.3. The molecule has 0 saturated carbocycles. The van der Waals surface area contributed by atoms with Crippen LogP contribution < -0.4 is 23.7 Å². The van der Waals surface area contributed by atoms with Crippen LogP contribution in [0, 0.1) is 0 Å². The third-order valence-corrected chi connectivity index (χ3v) is 4.70. The molecule has 0 bridgehead atoms. The number of ether oxygens (including phenoxy) is 6. The summed E-state index contributed by atoms with van der Waals surface area (Å²) < 4.78 is 36.3. The number of hydrogen-bond donors (Lipinski definition) is 0. The van der Waals surface area contributed by atoms with Gasteiger partial charge in [-0.05, 0) is 44.6 Å². The lowest BCUT2D eigenvalue weighted by Crippen LogP contribution is -2.11. The van der Waals surface area contributed by atoms with Crippen molar-refractivity contribution in [3.05, 3.63) is 11.6 Å². The van der Waals surface area contributed by atoms with Crippen molar-refractivity contribution < 1.29 is 33.2 Å². The molecule has 35 heavy (non-hydrogen) atoms. The normalized spacial score (nSPS) is 10.9. The molecule has 0 fully saturated rings. The van der Waals surface area contributed by atoms with Crippen LogP contribution >= 0.6 is 0 Å². The average molecular weight is 495 g/mol. The number of hydrogen-bond acceptors (Lipinski definition) is 7. The predicted octanol–water partition coefficient (Wildman–Crippen LogP) is 6.99. The van der Waals surface area contributed by atoms with Gasteiger partial charge in [-0.15, -0.1) is 0 Å². The standard InChI is InChI=1S/C28H46O7/c1-7-13-21-30-23(29)15-14-22-24(31-16-8-2)26(33-18-10-4)28(35-20-12-6)27(34-19-11-5)25(22)32-17-9-3/h14-15H,7-13,16-21H2,1-6H3. The van der Waals surface area contributed by atoms with Gasteiger partial charge in [0.1, 0.15) is 0 Å². The fourth-order valence-corrected chi connectivity index (χ4v) is 3.03. The molecule has 7 heteroatoms. The maximum atomic E-state index is 12.4. The zero-order chi connectivity index (χ0) is 25.9. The second kappa shape index (κ2) is 18.7. The SMILES string of the molecule is CCCCOC(=O)C=Cc1c(OCCC)c(OCCC)c(OCCC)c(OCCC)c1OCCC. The molecule has 0 N–H and O–H groups in total. The van der Waals surface area contributed by atoms with Crippen molar-refractivity contribution in [2.24, 2.45) is 0 Å². The molecule has 0 aliphatic carbocycles. The van der Waals surface area contributed by atoms with Gasteiger partial charge in [-0.3, -0.25) is 0 Å². The second-order valence-corrected chi connectivity index (χ2v) is 8.16. The van der Waals surface area contributed by atoms with Crippen LogP contribution in [-0.2, 0) is 9.53 Å². The molecule has 0 radical (unpaired) electrons. The van der Waals surface area contributed by atoms with E-state index in [4.69, 9.17) is 28.4 Å². The number of carbonyl (C=O) groups excluding carboxylic acids is 1. The highest BCUT2D eigenvalue weighted by Gasteiger charge is 2.29. The molecular formula is C28H46O7. The first kappa shape index (κ1) is 30.5. The highest BCUT2D eigenvalue weighted by Crippen LogP contribution is 2.54. The summed E-state index contributed by atoms with van der Waals surface area (Å²) in [6, 6.07) is 0. The van der Waals surface area contributed by atoms with Crippen LogP contribution in [0.25, 0.3) is 6.08 Å².